The number of nitriles is 1. The lowest BCUT2D eigenvalue weighted by molar-refractivity contribution is -0.138. The molecule has 0 saturated carbocycles. The molecular weight excluding hydrogens is 266 g/mol. The second kappa shape index (κ2) is 7.34. The van der Waals surface area contributed by atoms with Gasteiger partial charge in [-0.3, -0.25) is 0 Å². The van der Waals surface area contributed by atoms with Gasteiger partial charge in [0.2, 0.25) is 0 Å². The summed E-state index contributed by atoms with van der Waals surface area (Å²) in [4.78, 5) is 22.8. The van der Waals surface area contributed by atoms with Crippen LogP contribution in [0.25, 0.3) is 6.08 Å². The molecular formula is C13H13NO4S. The minimum Gasteiger partial charge on any atom is -0.478 e. The Morgan fingerprint density at radius 3 is 2.84 bits per heavy atom. The van der Waals surface area contributed by atoms with Crippen molar-refractivity contribution in [3.63, 3.8) is 0 Å². The molecule has 0 aromatic carbocycles. The number of thiophene rings is 1. The van der Waals surface area contributed by atoms with E-state index in [-0.39, 0.29) is 17.7 Å². The molecule has 0 saturated heterocycles. The topological polar surface area (TPSA) is 87.4 Å². The molecule has 1 heterocycles. The van der Waals surface area contributed by atoms with Gasteiger partial charge in [0.25, 0.3) is 0 Å². The highest BCUT2D eigenvalue weighted by molar-refractivity contribution is 7.11. The number of ether oxygens (including phenoxy) is 1. The normalized spacial score (nSPS) is 10.8. The molecule has 19 heavy (non-hydrogen) atoms. The first kappa shape index (κ1) is 14.9. The number of rotatable bonds is 6. The molecule has 1 aromatic heterocycles. The van der Waals surface area contributed by atoms with Gasteiger partial charge in [0.15, 0.2) is 0 Å². The molecule has 1 N–H and O–H groups in total. The quantitative estimate of drug-likeness (QED) is 0.374. The summed E-state index contributed by atoms with van der Waals surface area (Å²) in [5.74, 6) is -1.72. The minimum atomic E-state index is -1.04. The van der Waals surface area contributed by atoms with Crippen molar-refractivity contribution in [2.45, 2.75) is 19.8 Å². The molecule has 1 rings (SSSR count). The Bertz CT molecular complexity index is 539. The third-order valence-corrected chi connectivity index (χ3v) is 3.10. The van der Waals surface area contributed by atoms with Crippen LogP contribution in [0.2, 0.25) is 0 Å². The Labute approximate surface area is 114 Å². The van der Waals surface area contributed by atoms with Crippen LogP contribution in [0.15, 0.2) is 17.0 Å². The second-order valence-electron chi connectivity index (χ2n) is 3.70. The Balaban J connectivity index is 2.78. The number of hydrogen-bond acceptors (Lipinski definition) is 5. The summed E-state index contributed by atoms with van der Waals surface area (Å²) >= 11 is 1.15. The molecule has 0 spiro atoms. The van der Waals surface area contributed by atoms with E-state index >= 15 is 0 Å². The van der Waals surface area contributed by atoms with Crippen molar-refractivity contribution in [2.24, 2.45) is 0 Å². The summed E-state index contributed by atoms with van der Waals surface area (Å²) in [6.45, 7) is 2.24. The van der Waals surface area contributed by atoms with Crippen molar-refractivity contribution in [2.75, 3.05) is 6.61 Å². The lowest BCUT2D eigenvalue weighted by atomic mass is 10.2. The summed E-state index contributed by atoms with van der Waals surface area (Å²) in [7, 11) is 0. The number of carbonyl (C=O) groups is 2. The maximum Gasteiger partial charge on any atom is 0.348 e. The Kier molecular flexibility index (Phi) is 5.76. The van der Waals surface area contributed by atoms with Crippen molar-refractivity contribution in [3.8, 4) is 6.07 Å². The van der Waals surface area contributed by atoms with Gasteiger partial charge in [-0.25, -0.2) is 9.59 Å². The summed E-state index contributed by atoms with van der Waals surface area (Å²) in [5.41, 5.74) is 0.00258. The minimum absolute atomic E-state index is 0.130. The molecule has 5 nitrogen and oxygen atoms in total. The van der Waals surface area contributed by atoms with Crippen LogP contribution in [0.1, 0.15) is 35.0 Å². The predicted molar refractivity (Wildman–Crippen MR) is 70.7 cm³/mol. The van der Waals surface area contributed by atoms with E-state index in [2.05, 4.69) is 0 Å². The van der Waals surface area contributed by atoms with E-state index in [1.165, 1.54) is 17.5 Å². The summed E-state index contributed by atoms with van der Waals surface area (Å²) in [6.07, 6.45) is 2.98. The molecule has 0 fully saturated rings. The Morgan fingerprint density at radius 2 is 2.32 bits per heavy atom. The van der Waals surface area contributed by atoms with Crippen molar-refractivity contribution in [1.29, 1.82) is 5.26 Å². The lowest BCUT2D eigenvalue weighted by Gasteiger charge is -2.01. The van der Waals surface area contributed by atoms with Gasteiger partial charge in [-0.1, -0.05) is 13.3 Å². The molecule has 6 heteroatoms. The number of carbonyl (C=O) groups excluding carboxylic acids is 1. The Hall–Kier alpha value is -2.13. The van der Waals surface area contributed by atoms with Gasteiger partial charge in [0.1, 0.15) is 11.6 Å². The van der Waals surface area contributed by atoms with Crippen LogP contribution in [0.4, 0.5) is 0 Å². The molecule has 0 bridgehead atoms. The first-order chi connectivity index (χ1) is 9.08. The maximum absolute atomic E-state index is 11.6. The van der Waals surface area contributed by atoms with Crippen LogP contribution in [-0.4, -0.2) is 23.7 Å². The van der Waals surface area contributed by atoms with Crippen molar-refractivity contribution in [1.82, 2.24) is 0 Å². The van der Waals surface area contributed by atoms with E-state index in [1.807, 2.05) is 6.92 Å². The van der Waals surface area contributed by atoms with E-state index in [0.29, 0.717) is 4.88 Å². The molecule has 0 radical (unpaired) electrons. The number of hydrogen-bond donors (Lipinski definition) is 1. The fourth-order valence-electron chi connectivity index (χ4n) is 1.21. The molecule has 0 atom stereocenters. The fourth-order valence-corrected chi connectivity index (χ4v) is 2.02. The average Bonchev–Trinajstić information content (AvgIpc) is 2.84. The first-order valence-electron chi connectivity index (χ1n) is 5.69. The van der Waals surface area contributed by atoms with Gasteiger partial charge in [0.05, 0.1) is 12.2 Å². The van der Waals surface area contributed by atoms with Crippen LogP contribution in [0.3, 0.4) is 0 Å². The van der Waals surface area contributed by atoms with Gasteiger partial charge in [0, 0.05) is 10.3 Å². The molecule has 0 amide bonds. The first-order valence-corrected chi connectivity index (χ1v) is 6.57. The number of aromatic carboxylic acids is 1. The lowest BCUT2D eigenvalue weighted by Crippen LogP contribution is -2.07. The zero-order chi connectivity index (χ0) is 14.3. The van der Waals surface area contributed by atoms with Crippen LogP contribution < -0.4 is 0 Å². The molecule has 0 aliphatic rings. The number of unbranched alkanes of at least 4 members (excludes halogenated alkanes) is 1. The number of carboxylic acid groups (broad SMARTS) is 1. The van der Waals surface area contributed by atoms with Gasteiger partial charge >= 0.3 is 11.9 Å². The summed E-state index contributed by atoms with van der Waals surface area (Å²) < 4.78 is 4.92. The van der Waals surface area contributed by atoms with Crippen LogP contribution in [-0.2, 0) is 9.53 Å². The number of nitrogens with zero attached hydrogens (tertiary/aromatic N) is 1. The highest BCUT2D eigenvalue weighted by Crippen LogP contribution is 2.18. The molecule has 0 aliphatic carbocycles. The fraction of sp³-hybridized carbons (Fsp3) is 0.308. The van der Waals surface area contributed by atoms with E-state index < -0.39 is 11.9 Å². The molecule has 100 valence electrons. The summed E-state index contributed by atoms with van der Waals surface area (Å²) in [5, 5.41) is 19.1. The van der Waals surface area contributed by atoms with Crippen molar-refractivity contribution in [3.05, 3.63) is 27.5 Å². The third-order valence-electron chi connectivity index (χ3n) is 2.22. The second-order valence-corrected chi connectivity index (χ2v) is 4.65. The predicted octanol–water partition coefficient (Wildman–Crippen LogP) is 2.70. The SMILES string of the molecule is CCCCOC(=O)/C(C#N)=C/c1cc(C(=O)O)cs1. The zero-order valence-electron chi connectivity index (χ0n) is 10.4. The van der Waals surface area contributed by atoms with Crippen LogP contribution in [0.5, 0.6) is 0 Å². The van der Waals surface area contributed by atoms with Crippen molar-refractivity contribution >= 4 is 29.4 Å². The Morgan fingerprint density at radius 1 is 1.58 bits per heavy atom. The molecule has 0 aliphatic heterocycles. The van der Waals surface area contributed by atoms with E-state index in [0.717, 1.165) is 24.2 Å². The third kappa shape index (κ3) is 4.56. The van der Waals surface area contributed by atoms with Crippen molar-refractivity contribution < 1.29 is 19.4 Å². The van der Waals surface area contributed by atoms with Crippen LogP contribution >= 0.6 is 11.3 Å². The zero-order valence-corrected chi connectivity index (χ0v) is 11.2. The highest BCUT2D eigenvalue weighted by Gasteiger charge is 2.12. The van der Waals surface area contributed by atoms with Gasteiger partial charge < -0.3 is 9.84 Å². The van der Waals surface area contributed by atoms with Gasteiger partial charge in [-0.05, 0) is 18.6 Å². The van der Waals surface area contributed by atoms with E-state index in [1.54, 1.807) is 6.07 Å². The number of carboxylic acids is 1. The smallest absolute Gasteiger partial charge is 0.348 e. The summed E-state index contributed by atoms with van der Waals surface area (Å²) in [6, 6.07) is 3.17. The monoisotopic (exact) mass is 279 g/mol. The average molecular weight is 279 g/mol. The van der Waals surface area contributed by atoms with Crippen LogP contribution in [0, 0.1) is 11.3 Å². The maximum atomic E-state index is 11.6. The number of esters is 1. The highest BCUT2D eigenvalue weighted by atomic mass is 32.1. The largest absolute Gasteiger partial charge is 0.478 e. The van der Waals surface area contributed by atoms with Gasteiger partial charge in [-0.15, -0.1) is 11.3 Å². The molecule has 1 aromatic rings. The standard InChI is InChI=1S/C13H13NO4S/c1-2-3-4-18-13(17)9(7-14)5-11-6-10(8-19-11)12(15)16/h5-6,8H,2-4H2,1H3,(H,15,16)/b9-5+. The molecule has 0 unspecified atom stereocenters. The van der Waals surface area contributed by atoms with E-state index in [9.17, 15) is 9.59 Å². The van der Waals surface area contributed by atoms with Gasteiger partial charge in [-0.2, -0.15) is 5.26 Å². The van der Waals surface area contributed by atoms with E-state index in [4.69, 9.17) is 15.1 Å².